The second-order valence-corrected chi connectivity index (χ2v) is 11.7. The molecule has 0 aromatic heterocycles. The number of benzene rings is 4. The Morgan fingerprint density at radius 2 is 0.515 bits per heavy atom. The van der Waals surface area contributed by atoms with Gasteiger partial charge in [-0.25, -0.2) is 0 Å². The quantitative estimate of drug-likeness (QED) is 0.382. The van der Waals surface area contributed by atoms with Crippen molar-refractivity contribution in [1.29, 1.82) is 0 Å². The molecule has 0 aliphatic heterocycles. The monoisotopic (exact) mass is 489 g/mol. The molecule has 33 heavy (non-hydrogen) atoms. The van der Waals surface area contributed by atoms with E-state index in [1.807, 2.05) is 48.5 Å². The molecule has 0 amide bonds. The van der Waals surface area contributed by atoms with Gasteiger partial charge >= 0.3 is 198 Å². The third-order valence-corrected chi connectivity index (χ3v) is 11.2. The average molecular weight is 489 g/mol. The topological polar surface area (TPSA) is 36.9 Å². The van der Waals surface area contributed by atoms with Gasteiger partial charge in [0.2, 0.25) is 0 Å². The van der Waals surface area contributed by atoms with Gasteiger partial charge in [-0.05, 0) is 0 Å². The van der Waals surface area contributed by atoms with Gasteiger partial charge in [0.1, 0.15) is 0 Å². The molecule has 0 aliphatic rings. The maximum atomic E-state index is 5.46. The van der Waals surface area contributed by atoms with Crippen molar-refractivity contribution in [2.75, 3.05) is 28.4 Å². The molecule has 4 rings (SSSR count). The van der Waals surface area contributed by atoms with Crippen LogP contribution in [0.1, 0.15) is 0 Å². The van der Waals surface area contributed by atoms with Crippen molar-refractivity contribution < 1.29 is 31.6 Å². The molecule has 0 heterocycles. The Labute approximate surface area is 197 Å². The normalized spacial score (nSPS) is 11.5. The van der Waals surface area contributed by atoms with E-state index in [4.69, 9.17) is 18.9 Å². The van der Waals surface area contributed by atoms with Gasteiger partial charge in [-0.3, -0.25) is 0 Å². The molecule has 4 nitrogen and oxygen atoms in total. The predicted molar refractivity (Wildman–Crippen MR) is 133 cm³/mol. The second kappa shape index (κ2) is 10.0. The summed E-state index contributed by atoms with van der Waals surface area (Å²) in [4.78, 5) is 0. The van der Waals surface area contributed by atoms with Crippen LogP contribution in [0.15, 0.2) is 97.1 Å². The summed E-state index contributed by atoms with van der Waals surface area (Å²) in [5, 5.41) is 0. The zero-order valence-electron chi connectivity index (χ0n) is 19.2. The van der Waals surface area contributed by atoms with E-state index in [1.54, 1.807) is 28.4 Å². The molecule has 0 saturated heterocycles. The third kappa shape index (κ3) is 4.30. The molecule has 0 unspecified atom stereocenters. The van der Waals surface area contributed by atoms with Crippen molar-refractivity contribution in [2.45, 2.75) is 0 Å². The molecular formula is C28H30CoO4. The van der Waals surface area contributed by atoms with E-state index in [1.165, 1.54) is 18.0 Å². The first-order valence-corrected chi connectivity index (χ1v) is 12.9. The fourth-order valence-electron chi connectivity index (χ4n) is 3.79. The first-order valence-electron chi connectivity index (χ1n) is 10.5. The molecule has 0 N–H and O–H groups in total. The predicted octanol–water partition coefficient (Wildman–Crippen LogP) is 2.94. The molecule has 0 saturated carbocycles. The van der Waals surface area contributed by atoms with E-state index < -0.39 is 12.6 Å². The van der Waals surface area contributed by atoms with Crippen LogP contribution >= 0.6 is 0 Å². The van der Waals surface area contributed by atoms with Gasteiger partial charge in [-0.1, -0.05) is 0 Å². The van der Waals surface area contributed by atoms with Gasteiger partial charge in [-0.15, -0.1) is 0 Å². The van der Waals surface area contributed by atoms with Crippen molar-refractivity contribution in [1.82, 2.24) is 0 Å². The van der Waals surface area contributed by atoms with Crippen molar-refractivity contribution >= 4 is 18.0 Å². The standard InChI is InChI=1S/4C7H7O.Co.2H/c4*1-8-7-5-3-2-4-6-7;;;/h4*3-6H,1H3;;;. The van der Waals surface area contributed by atoms with Crippen LogP contribution in [0.5, 0.6) is 23.0 Å². The Bertz CT molecular complexity index is 973. The van der Waals surface area contributed by atoms with Gasteiger partial charge in [0, 0.05) is 0 Å². The van der Waals surface area contributed by atoms with Crippen LogP contribution in [0.25, 0.3) is 0 Å². The number of hydrogen-bond donors (Lipinski definition) is 0. The Balaban J connectivity index is 2.05. The number of rotatable bonds is 8. The molecule has 0 bridgehead atoms. The van der Waals surface area contributed by atoms with E-state index in [2.05, 4.69) is 48.5 Å². The summed E-state index contributed by atoms with van der Waals surface area (Å²) in [6, 6.07) is 33.8. The molecule has 0 radical (unpaired) electrons. The minimum atomic E-state index is -2.69. The molecular weight excluding hydrogens is 459 g/mol. The van der Waals surface area contributed by atoms with Crippen molar-refractivity contribution in [3.63, 3.8) is 0 Å². The molecule has 0 spiro atoms. The van der Waals surface area contributed by atoms with Gasteiger partial charge in [0.25, 0.3) is 0 Å². The van der Waals surface area contributed by atoms with Crippen LogP contribution in [-0.4, -0.2) is 28.4 Å². The molecule has 4 aromatic carbocycles. The minimum absolute atomic E-state index is 0.834. The number of hydrogen-bond acceptors (Lipinski definition) is 4. The van der Waals surface area contributed by atoms with Gasteiger partial charge in [0.15, 0.2) is 0 Å². The summed E-state index contributed by atoms with van der Waals surface area (Å²) in [6.45, 7) is 0. The first-order chi connectivity index (χ1) is 16.1. The van der Waals surface area contributed by atoms with Crippen LogP contribution in [0, 0.1) is 0 Å². The Morgan fingerprint density at radius 3 is 0.667 bits per heavy atom. The van der Waals surface area contributed by atoms with Crippen molar-refractivity contribution in [3.05, 3.63) is 97.1 Å². The summed E-state index contributed by atoms with van der Waals surface area (Å²) >= 11 is -2.69. The molecule has 0 aliphatic carbocycles. The third-order valence-electron chi connectivity index (χ3n) is 5.51. The maximum absolute atomic E-state index is 5.46. The fraction of sp³-hybridized carbons (Fsp3) is 0.143. The van der Waals surface area contributed by atoms with E-state index >= 15 is 0 Å². The molecule has 5 heteroatoms. The number of ether oxygens (including phenoxy) is 4. The van der Waals surface area contributed by atoms with Crippen molar-refractivity contribution in [3.8, 4) is 23.0 Å². The Hall–Kier alpha value is -3.41. The summed E-state index contributed by atoms with van der Waals surface area (Å²) in [5.74, 6) is 3.34. The Kier molecular flexibility index (Phi) is 6.92. The molecule has 0 fully saturated rings. The zero-order valence-corrected chi connectivity index (χ0v) is 20.4. The van der Waals surface area contributed by atoms with Crippen molar-refractivity contribution in [2.24, 2.45) is 0 Å². The number of methoxy groups -OCH3 is 4. The summed E-state index contributed by atoms with van der Waals surface area (Å²) < 4.78 is 26.8. The fourth-order valence-corrected chi connectivity index (χ4v) is 9.30. The zero-order chi connectivity index (χ0) is 23.3. The van der Waals surface area contributed by atoms with Crippen LogP contribution in [0.3, 0.4) is 0 Å². The van der Waals surface area contributed by atoms with Crippen LogP contribution in [0.4, 0.5) is 0 Å². The van der Waals surface area contributed by atoms with E-state index in [-0.39, 0.29) is 0 Å². The van der Waals surface area contributed by atoms with Crippen LogP contribution in [0.2, 0.25) is 0 Å². The summed E-state index contributed by atoms with van der Waals surface area (Å²) in [7, 11) is 6.76. The molecule has 175 valence electrons. The van der Waals surface area contributed by atoms with Crippen LogP contribution < -0.4 is 36.9 Å². The molecule has 4 aromatic rings. The average Bonchev–Trinajstić information content (AvgIpc) is 2.90. The van der Waals surface area contributed by atoms with Gasteiger partial charge in [0.05, 0.1) is 0 Å². The first kappa shape index (κ1) is 22.8. The van der Waals surface area contributed by atoms with E-state index in [9.17, 15) is 0 Å². The van der Waals surface area contributed by atoms with E-state index in [0.717, 1.165) is 23.0 Å². The Morgan fingerprint density at radius 1 is 0.333 bits per heavy atom. The molecule has 0 atom stereocenters. The second-order valence-electron chi connectivity index (χ2n) is 7.20. The summed E-state index contributed by atoms with van der Waals surface area (Å²) in [5.41, 5.74) is 0. The van der Waals surface area contributed by atoms with Crippen LogP contribution in [-0.2, 0) is 12.6 Å². The summed E-state index contributed by atoms with van der Waals surface area (Å²) in [6.07, 6.45) is 0. The van der Waals surface area contributed by atoms with Gasteiger partial charge in [-0.2, -0.15) is 0 Å². The SMILES string of the molecule is COc1cc[c]([CoH2]([c]2ccc(OC)cc2)([c]2ccc(OC)cc2)[c]2ccc(OC)cc2)cc1. The van der Waals surface area contributed by atoms with Gasteiger partial charge < -0.3 is 0 Å². The van der Waals surface area contributed by atoms with E-state index in [0.29, 0.717) is 0 Å².